The molecule has 0 amide bonds. The van der Waals surface area contributed by atoms with E-state index in [4.69, 9.17) is 21.1 Å². The van der Waals surface area contributed by atoms with E-state index in [1.807, 2.05) is 44.2 Å². The van der Waals surface area contributed by atoms with Crippen molar-refractivity contribution < 1.29 is 14.6 Å². The van der Waals surface area contributed by atoms with E-state index in [0.717, 1.165) is 11.3 Å². The summed E-state index contributed by atoms with van der Waals surface area (Å²) in [6.45, 7) is 4.26. The molecule has 0 fully saturated rings. The van der Waals surface area contributed by atoms with E-state index in [0.29, 0.717) is 23.1 Å². The fraction of sp³-hybridized carbons (Fsp3) is 0.353. The maximum absolute atomic E-state index is 10.1. The third kappa shape index (κ3) is 4.50. The Kier molecular flexibility index (Phi) is 6.07. The van der Waals surface area contributed by atoms with Crippen molar-refractivity contribution in [1.82, 2.24) is 9.78 Å². The molecule has 0 aliphatic heterocycles. The van der Waals surface area contributed by atoms with Gasteiger partial charge in [0.05, 0.1) is 30.6 Å². The Balaban J connectivity index is 1.98. The molecule has 5 nitrogen and oxygen atoms in total. The molecular formula is C17H21ClN2O3. The maximum Gasteiger partial charge on any atom is 0.161 e. The van der Waals surface area contributed by atoms with Crippen LogP contribution in [0.5, 0.6) is 11.5 Å². The van der Waals surface area contributed by atoms with Crippen LogP contribution in [0.3, 0.4) is 0 Å². The molecule has 1 atom stereocenters. The number of benzene rings is 1. The first-order valence-corrected chi connectivity index (χ1v) is 7.72. The van der Waals surface area contributed by atoms with E-state index in [-0.39, 0.29) is 6.61 Å². The molecule has 0 bridgehead atoms. The zero-order valence-corrected chi connectivity index (χ0v) is 14.2. The molecule has 0 saturated carbocycles. The number of rotatable bonds is 7. The lowest BCUT2D eigenvalue weighted by Crippen LogP contribution is -2.24. The molecule has 0 saturated heterocycles. The van der Waals surface area contributed by atoms with E-state index in [1.165, 1.54) is 0 Å². The third-order valence-electron chi connectivity index (χ3n) is 3.40. The zero-order valence-electron chi connectivity index (χ0n) is 13.5. The van der Waals surface area contributed by atoms with Crippen LogP contribution in [-0.2, 0) is 6.54 Å². The van der Waals surface area contributed by atoms with Crippen LogP contribution in [0.2, 0.25) is 5.02 Å². The van der Waals surface area contributed by atoms with E-state index in [1.54, 1.807) is 18.0 Å². The van der Waals surface area contributed by atoms with Crippen LogP contribution in [0.4, 0.5) is 0 Å². The molecule has 1 heterocycles. The molecule has 2 rings (SSSR count). The number of ether oxygens (including phenoxy) is 2. The van der Waals surface area contributed by atoms with Gasteiger partial charge in [0.2, 0.25) is 0 Å². The van der Waals surface area contributed by atoms with Gasteiger partial charge in [-0.1, -0.05) is 29.8 Å². The average Bonchev–Trinajstić information content (AvgIpc) is 2.86. The summed E-state index contributed by atoms with van der Waals surface area (Å²) < 4.78 is 12.7. The Labute approximate surface area is 141 Å². The predicted molar refractivity (Wildman–Crippen MR) is 91.2 cm³/mol. The standard InChI is InChI=1S/C17H21ClN2O3/c1-4-5-13-6-7-16(17(8-13)22-3)23-11-14(21)10-20-12(2)15(18)9-19-20/h4-9,14,21H,10-11H2,1-3H3/b5-4+. The number of halogens is 1. The Morgan fingerprint density at radius 2 is 2.17 bits per heavy atom. The normalized spacial score (nSPS) is 12.6. The topological polar surface area (TPSA) is 56.5 Å². The number of nitrogens with zero attached hydrogens (tertiary/aromatic N) is 2. The molecule has 124 valence electrons. The summed E-state index contributed by atoms with van der Waals surface area (Å²) in [6.07, 6.45) is 4.79. The number of aliphatic hydroxyl groups excluding tert-OH is 1. The molecule has 0 radical (unpaired) electrons. The molecule has 1 N–H and O–H groups in total. The van der Waals surface area contributed by atoms with Crippen LogP contribution in [0.25, 0.3) is 6.08 Å². The maximum atomic E-state index is 10.1. The number of hydrogen-bond acceptors (Lipinski definition) is 4. The van der Waals surface area contributed by atoms with Crippen LogP contribution in [0.15, 0.2) is 30.5 Å². The minimum absolute atomic E-state index is 0.135. The summed E-state index contributed by atoms with van der Waals surface area (Å²) in [5.41, 5.74) is 1.85. The van der Waals surface area contributed by atoms with Crippen molar-refractivity contribution in [2.45, 2.75) is 26.5 Å². The van der Waals surface area contributed by atoms with Gasteiger partial charge in [-0.05, 0) is 31.5 Å². The highest BCUT2D eigenvalue weighted by Gasteiger charge is 2.12. The fourth-order valence-electron chi connectivity index (χ4n) is 2.15. The van der Waals surface area contributed by atoms with Crippen LogP contribution >= 0.6 is 11.6 Å². The van der Waals surface area contributed by atoms with E-state index < -0.39 is 6.10 Å². The fourth-order valence-corrected chi connectivity index (χ4v) is 2.29. The quantitative estimate of drug-likeness (QED) is 0.842. The van der Waals surface area contributed by atoms with Crippen molar-refractivity contribution in [3.63, 3.8) is 0 Å². The highest BCUT2D eigenvalue weighted by atomic mass is 35.5. The van der Waals surface area contributed by atoms with Crippen LogP contribution < -0.4 is 9.47 Å². The van der Waals surface area contributed by atoms with E-state index >= 15 is 0 Å². The van der Waals surface area contributed by atoms with E-state index in [9.17, 15) is 5.11 Å². The first-order chi connectivity index (χ1) is 11.0. The van der Waals surface area contributed by atoms with Gasteiger partial charge in [0.25, 0.3) is 0 Å². The van der Waals surface area contributed by atoms with Gasteiger partial charge in [0.15, 0.2) is 11.5 Å². The van der Waals surface area contributed by atoms with Crippen LogP contribution in [0, 0.1) is 6.92 Å². The Hall–Kier alpha value is -1.98. The van der Waals surface area contributed by atoms with Gasteiger partial charge < -0.3 is 14.6 Å². The lowest BCUT2D eigenvalue weighted by Gasteiger charge is -2.15. The lowest BCUT2D eigenvalue weighted by atomic mass is 10.2. The molecule has 0 spiro atoms. The summed E-state index contributed by atoms with van der Waals surface area (Å²) in [5.74, 6) is 1.22. The van der Waals surface area contributed by atoms with Gasteiger partial charge in [-0.2, -0.15) is 5.10 Å². The summed E-state index contributed by atoms with van der Waals surface area (Å²) in [7, 11) is 1.59. The number of methoxy groups -OCH3 is 1. The molecule has 6 heteroatoms. The SMILES string of the molecule is C/C=C/c1ccc(OCC(O)Cn2ncc(Cl)c2C)c(OC)c1. The first kappa shape index (κ1) is 17.4. The van der Waals surface area contributed by atoms with E-state index in [2.05, 4.69) is 5.10 Å². The Morgan fingerprint density at radius 1 is 1.39 bits per heavy atom. The smallest absolute Gasteiger partial charge is 0.161 e. The molecule has 0 aliphatic rings. The zero-order chi connectivity index (χ0) is 16.8. The number of aliphatic hydroxyl groups is 1. The summed E-state index contributed by atoms with van der Waals surface area (Å²) in [4.78, 5) is 0. The number of hydrogen-bond donors (Lipinski definition) is 1. The van der Waals surface area contributed by atoms with Gasteiger partial charge in [-0.15, -0.1) is 0 Å². The summed E-state index contributed by atoms with van der Waals surface area (Å²) >= 11 is 5.95. The minimum atomic E-state index is -0.704. The largest absolute Gasteiger partial charge is 0.493 e. The van der Waals surface area contributed by atoms with Gasteiger partial charge in [-0.3, -0.25) is 4.68 Å². The number of allylic oxidation sites excluding steroid dienone is 1. The van der Waals surface area contributed by atoms with Gasteiger partial charge >= 0.3 is 0 Å². The Morgan fingerprint density at radius 3 is 2.78 bits per heavy atom. The highest BCUT2D eigenvalue weighted by Crippen LogP contribution is 2.28. The molecule has 23 heavy (non-hydrogen) atoms. The average molecular weight is 337 g/mol. The molecular weight excluding hydrogens is 316 g/mol. The van der Waals surface area contributed by atoms with Crippen molar-refractivity contribution in [2.75, 3.05) is 13.7 Å². The Bertz CT molecular complexity index is 682. The van der Waals surface area contributed by atoms with Crippen molar-refractivity contribution in [1.29, 1.82) is 0 Å². The third-order valence-corrected chi connectivity index (χ3v) is 3.78. The second-order valence-electron chi connectivity index (χ2n) is 5.14. The molecule has 1 unspecified atom stereocenters. The van der Waals surface area contributed by atoms with Crippen molar-refractivity contribution >= 4 is 17.7 Å². The minimum Gasteiger partial charge on any atom is -0.493 e. The van der Waals surface area contributed by atoms with Gasteiger partial charge in [0, 0.05) is 0 Å². The van der Waals surface area contributed by atoms with Gasteiger partial charge in [-0.25, -0.2) is 0 Å². The second-order valence-corrected chi connectivity index (χ2v) is 5.54. The molecule has 2 aromatic rings. The summed E-state index contributed by atoms with van der Waals surface area (Å²) in [5, 5.41) is 14.8. The van der Waals surface area contributed by atoms with Crippen molar-refractivity contribution in [3.05, 3.63) is 46.8 Å². The van der Waals surface area contributed by atoms with Crippen molar-refractivity contribution in [3.8, 4) is 11.5 Å². The van der Waals surface area contributed by atoms with Gasteiger partial charge in [0.1, 0.15) is 12.7 Å². The second kappa shape index (κ2) is 8.04. The number of aromatic nitrogens is 2. The molecule has 1 aromatic carbocycles. The molecule has 1 aromatic heterocycles. The first-order valence-electron chi connectivity index (χ1n) is 7.34. The van der Waals surface area contributed by atoms with Crippen molar-refractivity contribution in [2.24, 2.45) is 0 Å². The van der Waals surface area contributed by atoms with Crippen LogP contribution in [-0.4, -0.2) is 34.7 Å². The predicted octanol–water partition coefficient (Wildman–Crippen LogP) is 3.33. The molecule has 0 aliphatic carbocycles. The highest BCUT2D eigenvalue weighted by molar-refractivity contribution is 6.31. The summed E-state index contributed by atoms with van der Waals surface area (Å²) in [6, 6.07) is 5.65. The van der Waals surface area contributed by atoms with Crippen LogP contribution in [0.1, 0.15) is 18.2 Å². The monoisotopic (exact) mass is 336 g/mol. The lowest BCUT2D eigenvalue weighted by molar-refractivity contribution is 0.0873.